The first-order chi connectivity index (χ1) is 3.81. The predicted molar refractivity (Wildman–Crippen MR) is 37.7 cm³/mol. The zero-order chi connectivity index (χ0) is 6.41. The molecule has 1 nitrogen and oxygen atoms in total. The highest BCUT2D eigenvalue weighted by Crippen LogP contribution is 1.92. The minimum atomic E-state index is 0.595. The van der Waals surface area contributed by atoms with Crippen LogP contribution in [0.3, 0.4) is 0 Å². The molecule has 1 unspecified atom stereocenters. The van der Waals surface area contributed by atoms with Crippen molar-refractivity contribution in [3.63, 3.8) is 0 Å². The summed E-state index contributed by atoms with van der Waals surface area (Å²) in [7, 11) is 0. The van der Waals surface area contributed by atoms with Crippen molar-refractivity contribution >= 4 is 0 Å². The molecular weight excluding hydrogens is 98.1 g/mol. The molecule has 0 fully saturated rings. The van der Waals surface area contributed by atoms with Gasteiger partial charge in [0.25, 0.3) is 0 Å². The maximum atomic E-state index is 3.57. The lowest BCUT2D eigenvalue weighted by Gasteiger charge is -2.07. The first kappa shape index (κ1) is 7.54. The average molecular weight is 113 g/mol. The van der Waals surface area contributed by atoms with Gasteiger partial charge in [-0.25, -0.2) is 0 Å². The van der Waals surface area contributed by atoms with Crippen molar-refractivity contribution < 1.29 is 0 Å². The Labute approximate surface area is 51.8 Å². The Morgan fingerprint density at radius 3 is 2.75 bits per heavy atom. The summed E-state index contributed by atoms with van der Waals surface area (Å²) >= 11 is 0. The van der Waals surface area contributed by atoms with Gasteiger partial charge in [-0.3, -0.25) is 0 Å². The van der Waals surface area contributed by atoms with Gasteiger partial charge in [0.1, 0.15) is 0 Å². The Balaban J connectivity index is 3.03. The molecule has 1 heteroatoms. The molecule has 1 N–H and O–H groups in total. The maximum absolute atomic E-state index is 3.57. The lowest BCUT2D eigenvalue weighted by molar-refractivity contribution is 0.579. The van der Waals surface area contributed by atoms with E-state index in [0.29, 0.717) is 6.04 Å². The summed E-state index contributed by atoms with van der Waals surface area (Å²) < 4.78 is 0. The zero-order valence-corrected chi connectivity index (χ0v) is 5.78. The van der Waals surface area contributed by atoms with Crippen LogP contribution in [-0.4, -0.2) is 6.04 Å². The second-order valence-corrected chi connectivity index (χ2v) is 2.06. The number of hydrogen-bond donors (Lipinski definition) is 1. The quantitative estimate of drug-likeness (QED) is 0.587. The molecule has 0 aromatic carbocycles. The van der Waals surface area contributed by atoms with Gasteiger partial charge in [-0.1, -0.05) is 19.9 Å². The van der Waals surface area contributed by atoms with Crippen molar-refractivity contribution in [2.45, 2.75) is 32.7 Å². The smallest absolute Gasteiger partial charge is 0.0227 e. The van der Waals surface area contributed by atoms with Crippen molar-refractivity contribution in [1.82, 2.24) is 5.32 Å². The Hall–Kier alpha value is -0.460. The largest absolute Gasteiger partial charge is 0.389 e. The fourth-order valence-corrected chi connectivity index (χ4v) is 0.718. The molecule has 0 spiro atoms. The molecule has 0 radical (unpaired) electrons. The van der Waals surface area contributed by atoms with Crippen LogP contribution >= 0.6 is 0 Å². The highest BCUT2D eigenvalue weighted by Gasteiger charge is 1.92. The summed E-state index contributed by atoms with van der Waals surface area (Å²) in [6.45, 7) is 7.91. The third-order valence-electron chi connectivity index (χ3n) is 1.12. The molecule has 0 aromatic rings. The van der Waals surface area contributed by atoms with E-state index in [-0.39, 0.29) is 0 Å². The van der Waals surface area contributed by atoms with Crippen LogP contribution in [0, 0.1) is 0 Å². The first-order valence-corrected chi connectivity index (χ1v) is 3.18. The number of rotatable bonds is 4. The van der Waals surface area contributed by atoms with Gasteiger partial charge >= 0.3 is 0 Å². The Morgan fingerprint density at radius 2 is 2.38 bits per heavy atom. The van der Waals surface area contributed by atoms with Gasteiger partial charge in [-0.15, -0.1) is 0 Å². The summed E-state index contributed by atoms with van der Waals surface area (Å²) in [4.78, 5) is 0. The summed E-state index contributed by atoms with van der Waals surface area (Å²) in [5.74, 6) is 0. The van der Waals surface area contributed by atoms with Crippen LogP contribution < -0.4 is 5.32 Å². The summed E-state index contributed by atoms with van der Waals surface area (Å²) in [5.41, 5.74) is 0. The summed E-state index contributed by atoms with van der Waals surface area (Å²) in [6.07, 6.45) is 4.22. The van der Waals surface area contributed by atoms with Crippen LogP contribution in [0.25, 0.3) is 0 Å². The highest BCUT2D eigenvalue weighted by molar-refractivity contribution is 4.68. The van der Waals surface area contributed by atoms with E-state index in [1.807, 2.05) is 0 Å². The molecule has 0 aliphatic carbocycles. The SMILES string of the molecule is C=CNC(C)CCC. The topological polar surface area (TPSA) is 12.0 Å². The standard InChI is InChI=1S/C7H15N/c1-4-6-7(3)8-5-2/h5,7-8H,2,4,6H2,1,3H3. The first-order valence-electron chi connectivity index (χ1n) is 3.18. The van der Waals surface area contributed by atoms with E-state index < -0.39 is 0 Å². The van der Waals surface area contributed by atoms with Gasteiger partial charge in [-0.05, 0) is 19.5 Å². The Morgan fingerprint density at radius 1 is 1.75 bits per heavy atom. The third-order valence-corrected chi connectivity index (χ3v) is 1.12. The van der Waals surface area contributed by atoms with Gasteiger partial charge in [0.2, 0.25) is 0 Å². The van der Waals surface area contributed by atoms with E-state index in [1.54, 1.807) is 6.20 Å². The van der Waals surface area contributed by atoms with E-state index >= 15 is 0 Å². The van der Waals surface area contributed by atoms with Crippen LogP contribution in [0.2, 0.25) is 0 Å². The normalized spacial score (nSPS) is 12.8. The molecule has 0 aromatic heterocycles. The molecule has 1 atom stereocenters. The molecule has 0 heterocycles. The molecule has 0 bridgehead atoms. The average Bonchev–Trinajstić information content (AvgIpc) is 1.68. The fourth-order valence-electron chi connectivity index (χ4n) is 0.718. The van der Waals surface area contributed by atoms with E-state index in [0.717, 1.165) is 0 Å². The van der Waals surface area contributed by atoms with Crippen molar-refractivity contribution in [2.24, 2.45) is 0 Å². The molecule has 8 heavy (non-hydrogen) atoms. The second kappa shape index (κ2) is 4.69. The highest BCUT2D eigenvalue weighted by atomic mass is 14.9. The predicted octanol–water partition coefficient (Wildman–Crippen LogP) is 1.91. The number of hydrogen-bond acceptors (Lipinski definition) is 1. The van der Waals surface area contributed by atoms with Crippen LogP contribution in [-0.2, 0) is 0 Å². The van der Waals surface area contributed by atoms with Crippen LogP contribution in [0.1, 0.15) is 26.7 Å². The monoisotopic (exact) mass is 113 g/mol. The molecular formula is C7H15N. The second-order valence-electron chi connectivity index (χ2n) is 2.06. The molecule has 0 saturated carbocycles. The van der Waals surface area contributed by atoms with Crippen molar-refractivity contribution in [2.75, 3.05) is 0 Å². The molecule has 0 amide bonds. The van der Waals surface area contributed by atoms with Gasteiger partial charge in [0, 0.05) is 6.04 Å². The van der Waals surface area contributed by atoms with Crippen LogP contribution in [0.4, 0.5) is 0 Å². The van der Waals surface area contributed by atoms with Crippen molar-refractivity contribution in [3.05, 3.63) is 12.8 Å². The summed E-state index contributed by atoms with van der Waals surface area (Å²) in [6, 6.07) is 0.595. The maximum Gasteiger partial charge on any atom is 0.0227 e. The van der Waals surface area contributed by atoms with Crippen LogP contribution in [0.5, 0.6) is 0 Å². The zero-order valence-electron chi connectivity index (χ0n) is 5.78. The van der Waals surface area contributed by atoms with E-state index in [9.17, 15) is 0 Å². The minimum Gasteiger partial charge on any atom is -0.389 e. The third kappa shape index (κ3) is 3.72. The van der Waals surface area contributed by atoms with Crippen molar-refractivity contribution in [3.8, 4) is 0 Å². The van der Waals surface area contributed by atoms with E-state index in [4.69, 9.17) is 0 Å². The molecule has 48 valence electrons. The fraction of sp³-hybridized carbons (Fsp3) is 0.714. The lowest BCUT2D eigenvalue weighted by atomic mass is 10.2. The van der Waals surface area contributed by atoms with Gasteiger partial charge in [0.15, 0.2) is 0 Å². The molecule has 0 rings (SSSR count). The lowest BCUT2D eigenvalue weighted by Crippen LogP contribution is -2.18. The minimum absolute atomic E-state index is 0.595. The van der Waals surface area contributed by atoms with Crippen molar-refractivity contribution in [1.29, 1.82) is 0 Å². The molecule has 0 saturated heterocycles. The van der Waals surface area contributed by atoms with Crippen LogP contribution in [0.15, 0.2) is 12.8 Å². The molecule has 0 aliphatic heterocycles. The van der Waals surface area contributed by atoms with Gasteiger partial charge in [0.05, 0.1) is 0 Å². The molecule has 0 aliphatic rings. The van der Waals surface area contributed by atoms with Gasteiger partial charge < -0.3 is 5.32 Å². The van der Waals surface area contributed by atoms with E-state index in [1.165, 1.54) is 12.8 Å². The Kier molecular flexibility index (Phi) is 4.42. The Bertz CT molecular complexity index is 59.4. The van der Waals surface area contributed by atoms with Gasteiger partial charge in [-0.2, -0.15) is 0 Å². The number of nitrogens with one attached hydrogen (secondary N) is 1. The van der Waals surface area contributed by atoms with E-state index in [2.05, 4.69) is 25.7 Å². The summed E-state index contributed by atoms with van der Waals surface area (Å²) in [5, 5.41) is 3.11.